The molecule has 0 saturated heterocycles. The molecule has 0 unspecified atom stereocenters. The van der Waals surface area contributed by atoms with E-state index in [1.54, 1.807) is 13.0 Å². The molecule has 0 spiro atoms. The number of hydrogen-bond acceptors (Lipinski definition) is 1. The molecule has 0 atom stereocenters. The van der Waals surface area contributed by atoms with Gasteiger partial charge in [-0.2, -0.15) is 0 Å². The zero-order valence-electron chi connectivity index (χ0n) is 9.80. The van der Waals surface area contributed by atoms with E-state index >= 15 is 0 Å². The monoisotopic (exact) mass is 222 g/mol. The lowest BCUT2D eigenvalue weighted by atomic mass is 9.86. The van der Waals surface area contributed by atoms with Gasteiger partial charge in [0.2, 0.25) is 0 Å². The SMILES string of the molecule is Cc1ccc(C2(O)CCCCCC2)cc1F. The highest BCUT2D eigenvalue weighted by atomic mass is 19.1. The van der Waals surface area contributed by atoms with Crippen LogP contribution in [0.25, 0.3) is 0 Å². The van der Waals surface area contributed by atoms with Crippen LogP contribution >= 0.6 is 0 Å². The van der Waals surface area contributed by atoms with Crippen molar-refractivity contribution in [2.24, 2.45) is 0 Å². The fourth-order valence-electron chi connectivity index (χ4n) is 2.48. The lowest BCUT2D eigenvalue weighted by Crippen LogP contribution is -2.24. The summed E-state index contributed by atoms with van der Waals surface area (Å²) in [5, 5.41) is 10.6. The molecular weight excluding hydrogens is 203 g/mol. The smallest absolute Gasteiger partial charge is 0.126 e. The molecule has 1 aromatic rings. The summed E-state index contributed by atoms with van der Waals surface area (Å²) < 4.78 is 13.5. The van der Waals surface area contributed by atoms with Crippen molar-refractivity contribution in [3.63, 3.8) is 0 Å². The first-order valence-corrected chi connectivity index (χ1v) is 6.11. The van der Waals surface area contributed by atoms with E-state index in [4.69, 9.17) is 0 Å². The van der Waals surface area contributed by atoms with Crippen LogP contribution < -0.4 is 0 Å². The lowest BCUT2D eigenvalue weighted by Gasteiger charge is -2.27. The predicted molar refractivity (Wildman–Crippen MR) is 62.7 cm³/mol. The van der Waals surface area contributed by atoms with Crippen molar-refractivity contribution in [2.75, 3.05) is 0 Å². The van der Waals surface area contributed by atoms with Crippen LogP contribution in [0.15, 0.2) is 18.2 Å². The Morgan fingerprint density at radius 2 is 1.75 bits per heavy atom. The molecule has 2 heteroatoms. The zero-order valence-corrected chi connectivity index (χ0v) is 9.80. The van der Waals surface area contributed by atoms with Crippen molar-refractivity contribution in [3.05, 3.63) is 35.1 Å². The van der Waals surface area contributed by atoms with Crippen LogP contribution in [0.1, 0.15) is 49.7 Å². The highest BCUT2D eigenvalue weighted by Crippen LogP contribution is 2.36. The van der Waals surface area contributed by atoms with Gasteiger partial charge in [-0.25, -0.2) is 4.39 Å². The van der Waals surface area contributed by atoms with E-state index in [9.17, 15) is 9.50 Å². The molecule has 1 aromatic carbocycles. The quantitative estimate of drug-likeness (QED) is 0.719. The molecule has 0 radical (unpaired) electrons. The van der Waals surface area contributed by atoms with Gasteiger partial charge in [-0.05, 0) is 37.0 Å². The summed E-state index contributed by atoms with van der Waals surface area (Å²) in [6, 6.07) is 5.12. The fourth-order valence-corrected chi connectivity index (χ4v) is 2.48. The topological polar surface area (TPSA) is 20.2 Å². The summed E-state index contributed by atoms with van der Waals surface area (Å²) in [6.45, 7) is 1.75. The summed E-state index contributed by atoms with van der Waals surface area (Å²) >= 11 is 0. The highest BCUT2D eigenvalue weighted by Gasteiger charge is 2.30. The van der Waals surface area contributed by atoms with E-state index in [1.165, 1.54) is 18.9 Å². The van der Waals surface area contributed by atoms with E-state index in [-0.39, 0.29) is 5.82 Å². The second-order valence-electron chi connectivity index (χ2n) is 4.91. The first-order chi connectivity index (χ1) is 7.62. The average molecular weight is 222 g/mol. The molecule has 1 nitrogen and oxygen atoms in total. The maximum atomic E-state index is 13.5. The van der Waals surface area contributed by atoms with Gasteiger partial charge in [0, 0.05) is 0 Å². The minimum absolute atomic E-state index is 0.213. The standard InChI is InChI=1S/C14H19FO/c1-11-6-7-12(10-13(11)15)14(16)8-4-2-3-5-9-14/h6-7,10,16H,2-5,8-9H2,1H3. The van der Waals surface area contributed by atoms with Crippen LogP contribution in [0.3, 0.4) is 0 Å². The van der Waals surface area contributed by atoms with Crippen molar-refractivity contribution in [1.29, 1.82) is 0 Å². The van der Waals surface area contributed by atoms with Crippen LogP contribution in [-0.2, 0) is 5.60 Å². The Hall–Kier alpha value is -0.890. The van der Waals surface area contributed by atoms with Gasteiger partial charge in [-0.15, -0.1) is 0 Å². The van der Waals surface area contributed by atoms with Gasteiger partial charge in [-0.1, -0.05) is 37.8 Å². The molecule has 16 heavy (non-hydrogen) atoms. The van der Waals surface area contributed by atoms with Gasteiger partial charge in [0.05, 0.1) is 5.60 Å². The third-order valence-corrected chi connectivity index (χ3v) is 3.64. The summed E-state index contributed by atoms with van der Waals surface area (Å²) in [5.74, 6) is -0.213. The second kappa shape index (κ2) is 4.54. The van der Waals surface area contributed by atoms with Crippen LogP contribution in [0.2, 0.25) is 0 Å². The minimum atomic E-state index is -0.801. The molecule has 0 heterocycles. The molecule has 1 aliphatic carbocycles. The van der Waals surface area contributed by atoms with E-state index in [0.29, 0.717) is 5.56 Å². The molecule has 0 aliphatic heterocycles. The van der Waals surface area contributed by atoms with E-state index in [1.807, 2.05) is 6.07 Å². The normalized spacial score (nSPS) is 20.4. The maximum absolute atomic E-state index is 13.5. The number of halogens is 1. The number of rotatable bonds is 1. The van der Waals surface area contributed by atoms with Gasteiger partial charge in [0.1, 0.15) is 5.82 Å². The molecular formula is C14H19FO. The van der Waals surface area contributed by atoms with Crippen molar-refractivity contribution in [1.82, 2.24) is 0 Å². The second-order valence-corrected chi connectivity index (χ2v) is 4.91. The first kappa shape index (κ1) is 11.6. The first-order valence-electron chi connectivity index (χ1n) is 6.11. The molecule has 1 aliphatic rings. The third kappa shape index (κ3) is 2.27. The zero-order chi connectivity index (χ0) is 11.6. The van der Waals surface area contributed by atoms with E-state index < -0.39 is 5.60 Å². The van der Waals surface area contributed by atoms with Crippen LogP contribution in [-0.4, -0.2) is 5.11 Å². The van der Waals surface area contributed by atoms with Gasteiger partial charge in [-0.3, -0.25) is 0 Å². The summed E-state index contributed by atoms with van der Waals surface area (Å²) in [4.78, 5) is 0. The van der Waals surface area contributed by atoms with E-state index in [2.05, 4.69) is 0 Å². The molecule has 88 valence electrons. The summed E-state index contributed by atoms with van der Waals surface area (Å²) in [5.41, 5.74) is 0.587. The van der Waals surface area contributed by atoms with Crippen molar-refractivity contribution >= 4 is 0 Å². The molecule has 0 amide bonds. The number of aryl methyl sites for hydroxylation is 1. The molecule has 2 rings (SSSR count). The highest BCUT2D eigenvalue weighted by molar-refractivity contribution is 5.28. The van der Waals surface area contributed by atoms with Gasteiger partial charge in [0.15, 0.2) is 0 Å². The van der Waals surface area contributed by atoms with Gasteiger partial charge < -0.3 is 5.11 Å². The van der Waals surface area contributed by atoms with Gasteiger partial charge >= 0.3 is 0 Å². The number of benzene rings is 1. The Balaban J connectivity index is 2.29. The Morgan fingerprint density at radius 1 is 1.12 bits per heavy atom. The van der Waals surface area contributed by atoms with Crippen LogP contribution in [0.5, 0.6) is 0 Å². The Kier molecular flexibility index (Phi) is 3.29. The van der Waals surface area contributed by atoms with Crippen molar-refractivity contribution < 1.29 is 9.50 Å². The molecule has 1 saturated carbocycles. The number of hydrogen-bond donors (Lipinski definition) is 1. The fraction of sp³-hybridized carbons (Fsp3) is 0.571. The molecule has 1 fully saturated rings. The Labute approximate surface area is 96.3 Å². The average Bonchev–Trinajstić information content (AvgIpc) is 2.48. The van der Waals surface area contributed by atoms with Crippen molar-refractivity contribution in [2.45, 2.75) is 51.0 Å². The Bertz CT molecular complexity index is 365. The largest absolute Gasteiger partial charge is 0.385 e. The van der Waals surface area contributed by atoms with Gasteiger partial charge in [0.25, 0.3) is 0 Å². The summed E-state index contributed by atoms with van der Waals surface area (Å²) in [7, 11) is 0. The lowest BCUT2D eigenvalue weighted by molar-refractivity contribution is 0.0204. The van der Waals surface area contributed by atoms with Crippen LogP contribution in [0, 0.1) is 12.7 Å². The predicted octanol–water partition coefficient (Wildman–Crippen LogP) is 3.68. The minimum Gasteiger partial charge on any atom is -0.385 e. The van der Waals surface area contributed by atoms with Crippen molar-refractivity contribution in [3.8, 4) is 0 Å². The Morgan fingerprint density at radius 3 is 2.31 bits per heavy atom. The number of aliphatic hydroxyl groups is 1. The molecule has 0 aromatic heterocycles. The van der Waals surface area contributed by atoms with E-state index in [0.717, 1.165) is 31.2 Å². The summed E-state index contributed by atoms with van der Waals surface area (Å²) in [6.07, 6.45) is 5.94. The third-order valence-electron chi connectivity index (χ3n) is 3.64. The molecule has 1 N–H and O–H groups in total. The van der Waals surface area contributed by atoms with Crippen LogP contribution in [0.4, 0.5) is 4.39 Å². The maximum Gasteiger partial charge on any atom is 0.126 e. The molecule has 0 bridgehead atoms.